The first-order valence-electron chi connectivity index (χ1n) is 11.5. The van der Waals surface area contributed by atoms with Crippen molar-refractivity contribution in [2.75, 3.05) is 25.4 Å². The van der Waals surface area contributed by atoms with Gasteiger partial charge in [-0.25, -0.2) is 19.6 Å². The van der Waals surface area contributed by atoms with Gasteiger partial charge in [-0.05, 0) is 43.2 Å². The lowest BCUT2D eigenvalue weighted by atomic mass is 10.1. The zero-order valence-corrected chi connectivity index (χ0v) is 20.0. The number of likely N-dealkylation sites (tertiary alicyclic amines) is 1. The second kappa shape index (κ2) is 10.3. The van der Waals surface area contributed by atoms with E-state index in [0.29, 0.717) is 52.3 Å². The average molecular weight is 506 g/mol. The van der Waals surface area contributed by atoms with E-state index in [9.17, 15) is 4.79 Å². The number of ether oxygens (including phenoxy) is 1. The second-order valence-corrected chi connectivity index (χ2v) is 8.79. The summed E-state index contributed by atoms with van der Waals surface area (Å²) in [4.78, 5) is 27.1. The maximum Gasteiger partial charge on any atom is 0.246 e. The topological polar surface area (TPSA) is 132 Å². The van der Waals surface area contributed by atoms with Crippen LogP contribution in [-0.2, 0) is 4.79 Å². The number of nitrogens with zero attached hydrogens (tertiary/aromatic N) is 6. The quantitative estimate of drug-likeness (QED) is 0.380. The maximum absolute atomic E-state index is 12.5. The molecule has 0 bridgehead atoms. The normalized spacial score (nSPS) is 16.1. The molecule has 1 saturated heterocycles. The van der Waals surface area contributed by atoms with E-state index in [0.717, 1.165) is 18.4 Å². The minimum absolute atomic E-state index is 0.0747. The summed E-state index contributed by atoms with van der Waals surface area (Å²) in [7, 11) is 0. The average Bonchev–Trinajstić information content (AvgIpc) is 3.30. The molecule has 4 aromatic rings. The summed E-state index contributed by atoms with van der Waals surface area (Å²) in [5.74, 6) is 1.25. The number of aliphatic hydroxyl groups excluding tert-OH is 1. The Balaban J connectivity index is 1.45. The summed E-state index contributed by atoms with van der Waals surface area (Å²) in [6.45, 7) is 0.959. The fourth-order valence-electron chi connectivity index (χ4n) is 4.29. The number of carbonyl (C=O) groups is 1. The van der Waals surface area contributed by atoms with E-state index in [1.54, 1.807) is 17.0 Å². The lowest BCUT2D eigenvalue weighted by Gasteiger charge is -2.32. The number of aromatic nitrogens is 5. The van der Waals surface area contributed by atoms with Crippen LogP contribution in [0.15, 0.2) is 61.1 Å². The molecule has 1 aromatic carbocycles. The lowest BCUT2D eigenvalue weighted by molar-refractivity contribution is -0.127. The lowest BCUT2D eigenvalue weighted by Crippen LogP contribution is -2.40. The first kappa shape index (κ1) is 23.7. The monoisotopic (exact) mass is 505 g/mol. The van der Waals surface area contributed by atoms with E-state index in [-0.39, 0.29) is 18.6 Å². The molecule has 1 atom stereocenters. The van der Waals surface area contributed by atoms with Gasteiger partial charge in [0.2, 0.25) is 11.8 Å². The van der Waals surface area contributed by atoms with Crippen molar-refractivity contribution >= 4 is 34.4 Å². The van der Waals surface area contributed by atoms with Crippen molar-refractivity contribution in [1.82, 2.24) is 29.6 Å². The van der Waals surface area contributed by atoms with Gasteiger partial charge in [-0.1, -0.05) is 17.7 Å². The van der Waals surface area contributed by atoms with Crippen molar-refractivity contribution in [1.29, 1.82) is 0 Å². The number of rotatable bonds is 6. The number of halogens is 1. The summed E-state index contributed by atoms with van der Waals surface area (Å²) >= 11 is 5.89. The zero-order chi connectivity index (χ0) is 25.1. The van der Waals surface area contributed by atoms with Gasteiger partial charge >= 0.3 is 0 Å². The zero-order valence-electron chi connectivity index (χ0n) is 19.3. The van der Waals surface area contributed by atoms with Crippen LogP contribution in [0.3, 0.4) is 0 Å². The van der Waals surface area contributed by atoms with Crippen LogP contribution in [0.2, 0.25) is 5.02 Å². The van der Waals surface area contributed by atoms with Gasteiger partial charge < -0.3 is 20.5 Å². The van der Waals surface area contributed by atoms with Crippen LogP contribution in [0.25, 0.3) is 22.3 Å². The number of fused-ring (bicyclic) bond motifs is 1. The van der Waals surface area contributed by atoms with Crippen LogP contribution in [0.5, 0.6) is 11.6 Å². The Morgan fingerprint density at radius 2 is 2.03 bits per heavy atom. The van der Waals surface area contributed by atoms with Crippen LogP contribution < -0.4 is 10.5 Å². The number of carbonyl (C=O) groups excluding carboxylic acids is 1. The summed E-state index contributed by atoms with van der Waals surface area (Å²) in [6, 6.07) is 10.8. The van der Waals surface area contributed by atoms with Crippen molar-refractivity contribution in [3.8, 4) is 22.9 Å². The number of anilines is 1. The molecule has 0 radical (unpaired) electrons. The van der Waals surface area contributed by atoms with Gasteiger partial charge in [0.25, 0.3) is 0 Å². The highest BCUT2D eigenvalue weighted by molar-refractivity contribution is 6.30. The molecule has 0 aliphatic carbocycles. The Kier molecular flexibility index (Phi) is 6.79. The number of piperidine rings is 1. The fraction of sp³-hybridized carbons (Fsp3) is 0.240. The minimum atomic E-state index is -0.174. The van der Waals surface area contributed by atoms with Gasteiger partial charge in [-0.2, -0.15) is 5.10 Å². The standard InChI is InChI=1S/C25H24ClN7O3/c26-17-7-10-20(28-13-17)36-19-8-5-16(6-9-19)23-22-24(27)29-15-30-25(22)33(31-23)18-3-1-11-32(14-18)21(35)4-2-12-34/h2,4-10,13,15,18,34H,1,3,11-12,14H2,(H2,27,29,30)/b4-2+. The molecule has 36 heavy (non-hydrogen) atoms. The molecule has 0 saturated carbocycles. The Morgan fingerprint density at radius 1 is 1.19 bits per heavy atom. The molecule has 10 nitrogen and oxygen atoms in total. The van der Waals surface area contributed by atoms with Crippen molar-refractivity contribution in [3.63, 3.8) is 0 Å². The molecule has 4 heterocycles. The number of amides is 1. The first-order chi connectivity index (χ1) is 17.5. The van der Waals surface area contributed by atoms with Gasteiger partial charge in [0, 0.05) is 37.0 Å². The molecule has 3 N–H and O–H groups in total. The van der Waals surface area contributed by atoms with E-state index >= 15 is 0 Å². The van der Waals surface area contributed by atoms with Gasteiger partial charge in [0.1, 0.15) is 23.6 Å². The van der Waals surface area contributed by atoms with Crippen molar-refractivity contribution < 1.29 is 14.6 Å². The first-order valence-corrected chi connectivity index (χ1v) is 11.9. The van der Waals surface area contributed by atoms with E-state index in [1.807, 2.05) is 28.9 Å². The predicted octanol–water partition coefficient (Wildman–Crippen LogP) is 3.63. The number of pyridine rings is 1. The third-order valence-electron chi connectivity index (χ3n) is 5.99. The second-order valence-electron chi connectivity index (χ2n) is 8.36. The van der Waals surface area contributed by atoms with E-state index in [2.05, 4.69) is 15.0 Å². The summed E-state index contributed by atoms with van der Waals surface area (Å²) in [5, 5.41) is 15.1. The molecule has 1 unspecified atom stereocenters. The highest BCUT2D eigenvalue weighted by Gasteiger charge is 2.28. The molecular formula is C25H24ClN7O3. The summed E-state index contributed by atoms with van der Waals surface area (Å²) in [6.07, 6.45) is 7.46. The molecular weight excluding hydrogens is 482 g/mol. The third kappa shape index (κ3) is 4.86. The molecule has 11 heteroatoms. The van der Waals surface area contributed by atoms with Crippen molar-refractivity contribution in [2.24, 2.45) is 0 Å². The molecule has 0 spiro atoms. The Labute approximate surface area is 212 Å². The van der Waals surface area contributed by atoms with E-state index < -0.39 is 0 Å². The van der Waals surface area contributed by atoms with E-state index in [1.165, 1.54) is 24.7 Å². The molecule has 1 fully saturated rings. The fourth-order valence-corrected chi connectivity index (χ4v) is 4.40. The maximum atomic E-state index is 12.5. The van der Waals surface area contributed by atoms with E-state index in [4.69, 9.17) is 32.3 Å². The van der Waals surface area contributed by atoms with Crippen LogP contribution in [0.1, 0.15) is 18.9 Å². The number of hydrogen-bond acceptors (Lipinski definition) is 8. The largest absolute Gasteiger partial charge is 0.439 e. The number of benzene rings is 1. The summed E-state index contributed by atoms with van der Waals surface area (Å²) in [5.41, 5.74) is 8.37. The highest BCUT2D eigenvalue weighted by Crippen LogP contribution is 2.34. The molecule has 1 aliphatic rings. The Morgan fingerprint density at radius 3 is 2.78 bits per heavy atom. The number of aliphatic hydroxyl groups is 1. The van der Waals surface area contributed by atoms with Crippen LogP contribution in [0.4, 0.5) is 5.82 Å². The molecule has 5 rings (SSSR count). The van der Waals surface area contributed by atoms with Gasteiger partial charge in [-0.3, -0.25) is 4.79 Å². The Bertz CT molecular complexity index is 1400. The van der Waals surface area contributed by atoms with Gasteiger partial charge in [0.05, 0.1) is 23.1 Å². The SMILES string of the molecule is Nc1ncnc2c1c(-c1ccc(Oc3ccc(Cl)cn3)cc1)nn2C1CCCN(C(=O)/C=C/CO)C1. The molecule has 1 amide bonds. The third-order valence-corrected chi connectivity index (χ3v) is 6.21. The summed E-state index contributed by atoms with van der Waals surface area (Å²) < 4.78 is 7.64. The number of hydrogen-bond donors (Lipinski definition) is 2. The number of nitrogens with two attached hydrogens (primary N) is 1. The molecule has 3 aromatic heterocycles. The smallest absolute Gasteiger partial charge is 0.246 e. The molecule has 1 aliphatic heterocycles. The van der Waals surface area contributed by atoms with Gasteiger partial charge in [-0.15, -0.1) is 0 Å². The van der Waals surface area contributed by atoms with Gasteiger partial charge in [0.15, 0.2) is 5.65 Å². The van der Waals surface area contributed by atoms with Crippen LogP contribution >= 0.6 is 11.6 Å². The highest BCUT2D eigenvalue weighted by atomic mass is 35.5. The predicted molar refractivity (Wildman–Crippen MR) is 136 cm³/mol. The Hall–Kier alpha value is -4.02. The van der Waals surface area contributed by atoms with Crippen LogP contribution in [-0.4, -0.2) is 60.3 Å². The number of nitrogen functional groups attached to an aromatic ring is 1. The molecule has 184 valence electrons. The van der Waals surface area contributed by atoms with Crippen molar-refractivity contribution in [2.45, 2.75) is 18.9 Å². The van der Waals surface area contributed by atoms with Crippen molar-refractivity contribution in [3.05, 3.63) is 66.1 Å². The minimum Gasteiger partial charge on any atom is -0.439 e. The van der Waals surface area contributed by atoms with Crippen LogP contribution in [0, 0.1) is 0 Å².